The van der Waals surface area contributed by atoms with Crippen LogP contribution in [0.4, 0.5) is 0 Å². The number of aromatic amines is 1. The molecule has 2 aromatic rings. The van der Waals surface area contributed by atoms with E-state index in [0.717, 1.165) is 17.3 Å². The van der Waals surface area contributed by atoms with Gasteiger partial charge in [-0.25, -0.2) is 4.79 Å². The van der Waals surface area contributed by atoms with E-state index in [0.29, 0.717) is 18.5 Å². The number of hydrogen-bond acceptors (Lipinski definition) is 3. The zero-order chi connectivity index (χ0) is 14.1. The second-order valence-electron chi connectivity index (χ2n) is 4.96. The van der Waals surface area contributed by atoms with E-state index in [1.54, 1.807) is 11.0 Å². The van der Waals surface area contributed by atoms with Crippen LogP contribution in [0.5, 0.6) is 0 Å². The summed E-state index contributed by atoms with van der Waals surface area (Å²) in [4.78, 5) is 29.0. The molecule has 1 atom stereocenters. The molecule has 1 aliphatic rings. The number of fused-ring (bicyclic) bond motifs is 1. The molecule has 1 amide bonds. The number of carbonyl (C=O) groups excluding carboxylic acids is 2. The van der Waals surface area contributed by atoms with Gasteiger partial charge in [0, 0.05) is 29.2 Å². The summed E-state index contributed by atoms with van der Waals surface area (Å²) in [5, 5.41) is 0.990. The molecule has 0 saturated carbocycles. The number of esters is 1. The van der Waals surface area contributed by atoms with Gasteiger partial charge >= 0.3 is 5.97 Å². The molecule has 1 aromatic heterocycles. The lowest BCUT2D eigenvalue weighted by Crippen LogP contribution is -2.41. The number of ether oxygens (including phenoxy) is 1. The summed E-state index contributed by atoms with van der Waals surface area (Å²) in [6.07, 6.45) is 3.34. The van der Waals surface area contributed by atoms with Gasteiger partial charge in [0.25, 0.3) is 5.91 Å². The third-order valence-corrected chi connectivity index (χ3v) is 3.79. The number of H-pyrrole nitrogens is 1. The van der Waals surface area contributed by atoms with Crippen LogP contribution >= 0.6 is 0 Å². The number of nitrogens with one attached hydrogen (secondary N) is 1. The van der Waals surface area contributed by atoms with Crippen molar-refractivity contribution in [3.63, 3.8) is 0 Å². The summed E-state index contributed by atoms with van der Waals surface area (Å²) in [5.41, 5.74) is 1.60. The van der Waals surface area contributed by atoms with Gasteiger partial charge in [-0.1, -0.05) is 0 Å². The van der Waals surface area contributed by atoms with E-state index in [-0.39, 0.29) is 11.9 Å². The highest BCUT2D eigenvalue weighted by atomic mass is 16.5. The minimum Gasteiger partial charge on any atom is -0.467 e. The van der Waals surface area contributed by atoms with Crippen LogP contribution in [0.15, 0.2) is 30.5 Å². The molecule has 1 aromatic carbocycles. The molecule has 20 heavy (non-hydrogen) atoms. The summed E-state index contributed by atoms with van der Waals surface area (Å²) in [7, 11) is 1.36. The van der Waals surface area contributed by atoms with Gasteiger partial charge in [0.2, 0.25) is 0 Å². The molecule has 1 unspecified atom stereocenters. The standard InChI is InChI=1S/C15H16N2O3/c1-20-15(19)13-3-2-8-17(13)14(18)11-4-5-12-10(9-11)6-7-16-12/h4-7,9,13,16H,2-3,8H2,1H3. The van der Waals surface area contributed by atoms with E-state index in [9.17, 15) is 9.59 Å². The van der Waals surface area contributed by atoms with E-state index in [1.807, 2.05) is 24.4 Å². The third-order valence-electron chi connectivity index (χ3n) is 3.79. The second kappa shape index (κ2) is 5.00. The summed E-state index contributed by atoms with van der Waals surface area (Å²) in [6, 6.07) is 6.99. The van der Waals surface area contributed by atoms with Crippen LogP contribution in [0.3, 0.4) is 0 Å². The number of amides is 1. The Bertz CT molecular complexity index is 662. The molecule has 0 radical (unpaired) electrons. The summed E-state index contributed by atoms with van der Waals surface area (Å²) >= 11 is 0. The Hall–Kier alpha value is -2.30. The molecule has 2 heterocycles. The number of aromatic nitrogens is 1. The first-order valence-electron chi connectivity index (χ1n) is 6.66. The number of methoxy groups -OCH3 is 1. The predicted octanol–water partition coefficient (Wildman–Crippen LogP) is 1.95. The number of nitrogens with zero attached hydrogens (tertiary/aromatic N) is 1. The first-order valence-corrected chi connectivity index (χ1v) is 6.66. The van der Waals surface area contributed by atoms with Crippen LogP contribution in [0, 0.1) is 0 Å². The van der Waals surface area contributed by atoms with Crippen LogP contribution in [0.1, 0.15) is 23.2 Å². The average Bonchev–Trinajstić information content (AvgIpc) is 3.13. The van der Waals surface area contributed by atoms with Gasteiger partial charge in [0.15, 0.2) is 0 Å². The number of hydrogen-bond donors (Lipinski definition) is 1. The van der Waals surface area contributed by atoms with Gasteiger partial charge < -0.3 is 14.6 Å². The van der Waals surface area contributed by atoms with Crippen molar-refractivity contribution in [2.45, 2.75) is 18.9 Å². The van der Waals surface area contributed by atoms with Crippen LogP contribution in [-0.2, 0) is 9.53 Å². The van der Waals surface area contributed by atoms with E-state index in [2.05, 4.69) is 4.98 Å². The van der Waals surface area contributed by atoms with Crippen molar-refractivity contribution in [1.29, 1.82) is 0 Å². The van der Waals surface area contributed by atoms with Crippen molar-refractivity contribution in [2.75, 3.05) is 13.7 Å². The minimum absolute atomic E-state index is 0.110. The lowest BCUT2D eigenvalue weighted by molar-refractivity contribution is -0.145. The number of carbonyl (C=O) groups is 2. The van der Waals surface area contributed by atoms with Crippen molar-refractivity contribution in [1.82, 2.24) is 9.88 Å². The molecule has 5 heteroatoms. The van der Waals surface area contributed by atoms with Gasteiger partial charge in [-0.3, -0.25) is 4.79 Å². The SMILES string of the molecule is COC(=O)C1CCCN1C(=O)c1ccc2[nH]ccc2c1. The Morgan fingerprint density at radius 2 is 2.20 bits per heavy atom. The topological polar surface area (TPSA) is 62.4 Å². The lowest BCUT2D eigenvalue weighted by atomic mass is 10.1. The first-order chi connectivity index (χ1) is 9.70. The van der Waals surface area contributed by atoms with Crippen molar-refractivity contribution in [3.8, 4) is 0 Å². The molecule has 1 fully saturated rings. The highest BCUT2D eigenvalue weighted by Gasteiger charge is 2.35. The number of rotatable bonds is 2. The van der Waals surface area contributed by atoms with Crippen LogP contribution in [0.2, 0.25) is 0 Å². The highest BCUT2D eigenvalue weighted by Crippen LogP contribution is 2.22. The van der Waals surface area contributed by atoms with Gasteiger partial charge in [-0.2, -0.15) is 0 Å². The maximum absolute atomic E-state index is 12.6. The zero-order valence-corrected chi connectivity index (χ0v) is 11.3. The largest absolute Gasteiger partial charge is 0.467 e. The fourth-order valence-electron chi connectivity index (χ4n) is 2.74. The molecule has 3 rings (SSSR count). The molecule has 1 N–H and O–H groups in total. The summed E-state index contributed by atoms with van der Waals surface area (Å²) in [6.45, 7) is 0.601. The first kappa shape index (κ1) is 12.7. The fraction of sp³-hybridized carbons (Fsp3) is 0.333. The van der Waals surface area contributed by atoms with Gasteiger partial charge in [-0.15, -0.1) is 0 Å². The van der Waals surface area contributed by atoms with Crippen LogP contribution < -0.4 is 0 Å². The van der Waals surface area contributed by atoms with Gasteiger partial charge in [-0.05, 0) is 37.1 Å². The number of likely N-dealkylation sites (tertiary alicyclic amines) is 1. The van der Waals surface area contributed by atoms with Crippen molar-refractivity contribution < 1.29 is 14.3 Å². The van der Waals surface area contributed by atoms with E-state index >= 15 is 0 Å². The quantitative estimate of drug-likeness (QED) is 0.850. The van der Waals surface area contributed by atoms with E-state index in [4.69, 9.17) is 4.74 Å². The Morgan fingerprint density at radius 1 is 1.35 bits per heavy atom. The minimum atomic E-state index is -0.450. The van der Waals surface area contributed by atoms with Gasteiger partial charge in [0.1, 0.15) is 6.04 Å². The molecular formula is C15H16N2O3. The van der Waals surface area contributed by atoms with Crippen molar-refractivity contribution in [3.05, 3.63) is 36.0 Å². The molecule has 1 aliphatic heterocycles. The van der Waals surface area contributed by atoms with E-state index < -0.39 is 6.04 Å². The lowest BCUT2D eigenvalue weighted by Gasteiger charge is -2.22. The Morgan fingerprint density at radius 3 is 3.00 bits per heavy atom. The van der Waals surface area contributed by atoms with Crippen molar-refractivity contribution >= 4 is 22.8 Å². The monoisotopic (exact) mass is 272 g/mol. The van der Waals surface area contributed by atoms with E-state index in [1.165, 1.54) is 7.11 Å². The molecule has 0 spiro atoms. The Balaban J connectivity index is 1.89. The Labute approximate surface area is 116 Å². The van der Waals surface area contributed by atoms with Crippen molar-refractivity contribution in [2.24, 2.45) is 0 Å². The average molecular weight is 272 g/mol. The molecule has 104 valence electrons. The maximum Gasteiger partial charge on any atom is 0.328 e. The molecule has 1 saturated heterocycles. The van der Waals surface area contributed by atoms with Gasteiger partial charge in [0.05, 0.1) is 7.11 Å². The second-order valence-corrected chi connectivity index (χ2v) is 4.96. The normalized spacial score (nSPS) is 18.4. The molecule has 0 bridgehead atoms. The maximum atomic E-state index is 12.6. The third kappa shape index (κ3) is 2.05. The molecule has 0 aliphatic carbocycles. The summed E-state index contributed by atoms with van der Waals surface area (Å²) < 4.78 is 4.77. The smallest absolute Gasteiger partial charge is 0.328 e. The fourth-order valence-corrected chi connectivity index (χ4v) is 2.74. The Kier molecular flexibility index (Phi) is 3.18. The van der Waals surface area contributed by atoms with Crippen LogP contribution in [-0.4, -0.2) is 41.5 Å². The molecule has 5 nitrogen and oxygen atoms in total. The number of benzene rings is 1. The summed E-state index contributed by atoms with van der Waals surface area (Å²) in [5.74, 6) is -0.445. The zero-order valence-electron chi connectivity index (χ0n) is 11.3. The highest BCUT2D eigenvalue weighted by molar-refractivity contribution is 6.00. The predicted molar refractivity (Wildman–Crippen MR) is 74.4 cm³/mol. The van der Waals surface area contributed by atoms with Crippen LogP contribution in [0.25, 0.3) is 10.9 Å². The molecular weight excluding hydrogens is 256 g/mol.